The van der Waals surface area contributed by atoms with E-state index >= 15 is 0 Å². The van der Waals surface area contributed by atoms with Crippen LogP contribution in [0.2, 0.25) is 0 Å². The molecule has 1 aromatic rings. The first-order chi connectivity index (χ1) is 7.86. The molecule has 0 unspecified atom stereocenters. The lowest BCUT2D eigenvalue weighted by Crippen LogP contribution is -2.07. The molecule has 0 atom stereocenters. The fourth-order valence-electron chi connectivity index (χ4n) is 2.06. The predicted molar refractivity (Wildman–Crippen MR) is 64.1 cm³/mol. The van der Waals surface area contributed by atoms with E-state index in [1.807, 2.05) is 12.1 Å². The molecule has 84 valence electrons. The molecule has 0 aromatic carbocycles. The molecule has 0 saturated carbocycles. The van der Waals surface area contributed by atoms with Gasteiger partial charge in [0.2, 0.25) is 0 Å². The summed E-state index contributed by atoms with van der Waals surface area (Å²) in [5.41, 5.74) is 2.25. The topological polar surface area (TPSA) is 30.0 Å². The van der Waals surface area contributed by atoms with Crippen molar-refractivity contribution in [2.45, 2.75) is 38.5 Å². The highest BCUT2D eigenvalue weighted by Gasteiger charge is 2.11. The van der Waals surface area contributed by atoms with Gasteiger partial charge in [-0.3, -0.25) is 9.78 Å². The number of Topliss-reactive ketones (excluding diaryl/α,β-unsaturated/α-hetero) is 1. The molecule has 16 heavy (non-hydrogen) atoms. The summed E-state index contributed by atoms with van der Waals surface area (Å²) in [7, 11) is 0. The number of carbonyl (C=O) groups is 1. The van der Waals surface area contributed by atoms with E-state index in [2.05, 4.69) is 11.1 Å². The highest BCUT2D eigenvalue weighted by Crippen LogP contribution is 2.19. The summed E-state index contributed by atoms with van der Waals surface area (Å²) in [4.78, 5) is 15.9. The summed E-state index contributed by atoms with van der Waals surface area (Å²) in [6, 6.07) is 3.95. The van der Waals surface area contributed by atoms with Gasteiger partial charge in [0.25, 0.3) is 0 Å². The largest absolute Gasteiger partial charge is 0.295 e. The molecule has 0 spiro atoms. The number of hydrogen-bond acceptors (Lipinski definition) is 2. The molecule has 2 nitrogen and oxygen atoms in total. The van der Waals surface area contributed by atoms with Crippen molar-refractivity contribution in [3.8, 4) is 0 Å². The maximum Gasteiger partial charge on any atom is 0.158 e. The molecule has 1 aliphatic rings. The second-order valence-electron chi connectivity index (χ2n) is 4.25. The summed E-state index contributed by atoms with van der Waals surface area (Å²) < 4.78 is 0. The van der Waals surface area contributed by atoms with Gasteiger partial charge in [0, 0.05) is 18.8 Å². The molecule has 1 aromatic heterocycles. The number of allylic oxidation sites excluding steroid dienone is 2. The second-order valence-corrected chi connectivity index (χ2v) is 4.25. The maximum atomic E-state index is 11.9. The third-order valence-electron chi connectivity index (χ3n) is 3.04. The molecule has 0 saturated heterocycles. The Hall–Kier alpha value is -1.44. The van der Waals surface area contributed by atoms with Crippen molar-refractivity contribution in [3.05, 3.63) is 41.7 Å². The van der Waals surface area contributed by atoms with Crippen LogP contribution in [-0.4, -0.2) is 10.8 Å². The van der Waals surface area contributed by atoms with Gasteiger partial charge in [-0.05, 0) is 55.4 Å². The normalized spacial score (nSPS) is 15.6. The van der Waals surface area contributed by atoms with Crippen molar-refractivity contribution < 1.29 is 4.79 Å². The number of rotatable bonds is 4. The SMILES string of the molecule is O=C(CCc1ccncc1)C1=CCCCC1. The van der Waals surface area contributed by atoms with Gasteiger partial charge in [-0.25, -0.2) is 0 Å². The standard InChI is InChI=1S/C14H17NO/c16-14(13-4-2-1-3-5-13)7-6-12-8-10-15-11-9-12/h4,8-11H,1-3,5-7H2. The molecular weight excluding hydrogens is 198 g/mol. The van der Waals surface area contributed by atoms with Gasteiger partial charge in [0.05, 0.1) is 0 Å². The zero-order valence-corrected chi connectivity index (χ0v) is 9.48. The summed E-state index contributed by atoms with van der Waals surface area (Å²) in [5, 5.41) is 0. The number of aromatic nitrogens is 1. The van der Waals surface area contributed by atoms with E-state index < -0.39 is 0 Å². The van der Waals surface area contributed by atoms with Crippen LogP contribution >= 0.6 is 0 Å². The zero-order chi connectivity index (χ0) is 11.2. The molecule has 0 radical (unpaired) electrons. The van der Waals surface area contributed by atoms with Crippen molar-refractivity contribution in [3.63, 3.8) is 0 Å². The van der Waals surface area contributed by atoms with Crippen LogP contribution in [0.5, 0.6) is 0 Å². The van der Waals surface area contributed by atoms with E-state index in [1.165, 1.54) is 18.4 Å². The molecule has 0 bridgehead atoms. The van der Waals surface area contributed by atoms with Crippen LogP contribution in [0.25, 0.3) is 0 Å². The Labute approximate surface area is 96.4 Å². The molecule has 2 rings (SSSR count). The van der Waals surface area contributed by atoms with Gasteiger partial charge >= 0.3 is 0 Å². The van der Waals surface area contributed by atoms with Crippen molar-refractivity contribution in [1.29, 1.82) is 0 Å². The van der Waals surface area contributed by atoms with Gasteiger partial charge in [0.15, 0.2) is 5.78 Å². The maximum absolute atomic E-state index is 11.9. The Kier molecular flexibility index (Phi) is 3.86. The van der Waals surface area contributed by atoms with E-state index in [0.29, 0.717) is 12.2 Å². The minimum Gasteiger partial charge on any atom is -0.295 e. The summed E-state index contributed by atoms with van der Waals surface area (Å²) in [6.07, 6.45) is 11.6. The number of nitrogens with zero attached hydrogens (tertiary/aromatic N) is 1. The van der Waals surface area contributed by atoms with Crippen molar-refractivity contribution in [2.24, 2.45) is 0 Å². The zero-order valence-electron chi connectivity index (χ0n) is 9.48. The van der Waals surface area contributed by atoms with Crippen LogP contribution in [0.1, 0.15) is 37.7 Å². The molecule has 1 aliphatic carbocycles. The van der Waals surface area contributed by atoms with Crippen molar-refractivity contribution in [2.75, 3.05) is 0 Å². The van der Waals surface area contributed by atoms with E-state index in [1.54, 1.807) is 12.4 Å². The molecule has 1 heterocycles. The first-order valence-corrected chi connectivity index (χ1v) is 5.97. The number of hydrogen-bond donors (Lipinski definition) is 0. The van der Waals surface area contributed by atoms with E-state index in [0.717, 1.165) is 24.8 Å². The molecular formula is C14H17NO. The van der Waals surface area contributed by atoms with Crippen LogP contribution in [0.3, 0.4) is 0 Å². The Bertz CT molecular complexity index is 381. The average molecular weight is 215 g/mol. The Balaban J connectivity index is 1.86. The molecule has 0 fully saturated rings. The number of pyridine rings is 1. The first-order valence-electron chi connectivity index (χ1n) is 5.97. The van der Waals surface area contributed by atoms with Gasteiger partial charge < -0.3 is 0 Å². The van der Waals surface area contributed by atoms with Crippen LogP contribution in [0.4, 0.5) is 0 Å². The lowest BCUT2D eigenvalue weighted by atomic mass is 9.94. The second kappa shape index (κ2) is 5.59. The molecule has 0 amide bonds. The highest BCUT2D eigenvalue weighted by molar-refractivity contribution is 5.95. The van der Waals surface area contributed by atoms with Crippen molar-refractivity contribution in [1.82, 2.24) is 4.98 Å². The lowest BCUT2D eigenvalue weighted by molar-refractivity contribution is -0.115. The van der Waals surface area contributed by atoms with Crippen LogP contribution in [-0.2, 0) is 11.2 Å². The average Bonchev–Trinajstić information content (AvgIpc) is 2.38. The summed E-state index contributed by atoms with van der Waals surface area (Å²) in [5.74, 6) is 0.330. The third-order valence-corrected chi connectivity index (χ3v) is 3.04. The summed E-state index contributed by atoms with van der Waals surface area (Å²) >= 11 is 0. The number of carbonyl (C=O) groups excluding carboxylic acids is 1. The number of aryl methyl sites for hydroxylation is 1. The third kappa shape index (κ3) is 3.02. The van der Waals surface area contributed by atoms with Crippen LogP contribution in [0, 0.1) is 0 Å². The smallest absolute Gasteiger partial charge is 0.158 e. The van der Waals surface area contributed by atoms with Crippen molar-refractivity contribution >= 4 is 5.78 Å². The quantitative estimate of drug-likeness (QED) is 0.772. The van der Waals surface area contributed by atoms with E-state index in [4.69, 9.17) is 0 Å². The minimum absolute atomic E-state index is 0.330. The van der Waals surface area contributed by atoms with Crippen LogP contribution < -0.4 is 0 Å². The van der Waals surface area contributed by atoms with E-state index in [9.17, 15) is 4.79 Å². The summed E-state index contributed by atoms with van der Waals surface area (Å²) in [6.45, 7) is 0. The molecule has 0 aliphatic heterocycles. The molecule has 2 heteroatoms. The predicted octanol–water partition coefficient (Wildman–Crippen LogP) is 3.08. The monoisotopic (exact) mass is 215 g/mol. The minimum atomic E-state index is 0.330. The first kappa shape index (κ1) is 11.1. The fraction of sp³-hybridized carbons (Fsp3) is 0.429. The number of ketones is 1. The van der Waals surface area contributed by atoms with E-state index in [-0.39, 0.29) is 0 Å². The Morgan fingerprint density at radius 3 is 2.75 bits per heavy atom. The molecule has 0 N–H and O–H groups in total. The Morgan fingerprint density at radius 1 is 1.25 bits per heavy atom. The van der Waals surface area contributed by atoms with Gasteiger partial charge in [-0.15, -0.1) is 0 Å². The van der Waals surface area contributed by atoms with Gasteiger partial charge in [0.1, 0.15) is 0 Å². The lowest BCUT2D eigenvalue weighted by Gasteiger charge is -2.11. The van der Waals surface area contributed by atoms with Gasteiger partial charge in [-0.2, -0.15) is 0 Å². The van der Waals surface area contributed by atoms with Crippen LogP contribution in [0.15, 0.2) is 36.2 Å². The Morgan fingerprint density at radius 2 is 2.06 bits per heavy atom. The highest BCUT2D eigenvalue weighted by atomic mass is 16.1. The fourth-order valence-corrected chi connectivity index (χ4v) is 2.06. The van der Waals surface area contributed by atoms with Gasteiger partial charge in [-0.1, -0.05) is 6.08 Å².